The van der Waals surface area contributed by atoms with Gasteiger partial charge in [0.25, 0.3) is 11.5 Å². The predicted molar refractivity (Wildman–Crippen MR) is 95.3 cm³/mol. The first-order valence-corrected chi connectivity index (χ1v) is 7.84. The minimum atomic E-state index is -1.21. The first-order valence-electron chi connectivity index (χ1n) is 7.84. The van der Waals surface area contributed by atoms with Crippen molar-refractivity contribution < 1.29 is 14.7 Å². The summed E-state index contributed by atoms with van der Waals surface area (Å²) in [5.41, 5.74) is 1.10. The fraction of sp³-hybridized carbons (Fsp3) is 0.176. The molecule has 1 amide bonds. The van der Waals surface area contributed by atoms with E-state index in [-0.39, 0.29) is 12.0 Å². The number of benzene rings is 1. The number of carbonyl (C=O) groups is 2. The van der Waals surface area contributed by atoms with Crippen molar-refractivity contribution in [1.82, 2.24) is 20.3 Å². The quantitative estimate of drug-likeness (QED) is 0.441. The maximum absolute atomic E-state index is 12.5. The molecule has 3 rings (SSSR count). The molecule has 0 saturated carbocycles. The molecule has 0 spiro atoms. The Morgan fingerprint density at radius 3 is 2.81 bits per heavy atom. The minimum Gasteiger partial charge on any atom is -0.480 e. The molecule has 0 aliphatic rings. The molecule has 5 N–H and O–H groups in total. The molecule has 0 aliphatic carbocycles. The highest BCUT2D eigenvalue weighted by atomic mass is 16.4. The lowest BCUT2D eigenvalue weighted by Crippen LogP contribution is -2.44. The molecule has 9 heteroatoms. The van der Waals surface area contributed by atoms with E-state index < -0.39 is 23.5 Å². The van der Waals surface area contributed by atoms with Crippen molar-refractivity contribution in [3.8, 4) is 0 Å². The molecule has 2 heterocycles. The van der Waals surface area contributed by atoms with Gasteiger partial charge in [-0.05, 0) is 12.1 Å². The van der Waals surface area contributed by atoms with E-state index in [2.05, 4.69) is 25.6 Å². The lowest BCUT2D eigenvalue weighted by Gasteiger charge is -2.14. The number of H-pyrrole nitrogens is 2. The number of aromatic nitrogens is 3. The first kappa shape index (κ1) is 17.2. The van der Waals surface area contributed by atoms with E-state index in [9.17, 15) is 19.5 Å². The fourth-order valence-electron chi connectivity index (χ4n) is 2.66. The third-order valence-corrected chi connectivity index (χ3v) is 3.98. The van der Waals surface area contributed by atoms with Crippen LogP contribution in [0.3, 0.4) is 0 Å². The first-order chi connectivity index (χ1) is 12.5. The zero-order chi connectivity index (χ0) is 18.7. The molecule has 0 fully saturated rings. The normalized spacial score (nSPS) is 11.9. The van der Waals surface area contributed by atoms with Crippen LogP contribution in [0.1, 0.15) is 16.1 Å². The number of carbonyl (C=O) groups excluding carboxylic acids is 1. The topological polar surface area (TPSA) is 140 Å². The van der Waals surface area contributed by atoms with Gasteiger partial charge in [0.05, 0.1) is 17.5 Å². The molecule has 2 aromatic heterocycles. The van der Waals surface area contributed by atoms with Crippen LogP contribution < -0.4 is 16.2 Å². The summed E-state index contributed by atoms with van der Waals surface area (Å²) in [5.74, 6) is -1.96. The number of fused-ring (bicyclic) bond motifs is 1. The van der Waals surface area contributed by atoms with E-state index in [1.807, 2.05) is 0 Å². The summed E-state index contributed by atoms with van der Waals surface area (Å²) >= 11 is 0. The van der Waals surface area contributed by atoms with Crippen LogP contribution in [-0.4, -0.2) is 45.0 Å². The molecule has 9 nitrogen and oxygen atoms in total. The zero-order valence-corrected chi connectivity index (χ0v) is 13.9. The van der Waals surface area contributed by atoms with Crippen LogP contribution in [-0.2, 0) is 11.2 Å². The van der Waals surface area contributed by atoms with E-state index in [4.69, 9.17) is 0 Å². The van der Waals surface area contributed by atoms with Gasteiger partial charge in [0.2, 0.25) is 0 Å². The van der Waals surface area contributed by atoms with Crippen molar-refractivity contribution >= 4 is 28.5 Å². The molecule has 26 heavy (non-hydrogen) atoms. The van der Waals surface area contributed by atoms with Crippen molar-refractivity contribution in [2.45, 2.75) is 12.5 Å². The summed E-state index contributed by atoms with van der Waals surface area (Å²) in [6, 6.07) is 5.58. The molecular formula is C17H17N5O4. The lowest BCUT2D eigenvalue weighted by molar-refractivity contribution is -0.139. The Hall–Kier alpha value is -3.62. The molecule has 1 aromatic carbocycles. The van der Waals surface area contributed by atoms with Crippen LogP contribution >= 0.6 is 0 Å². The summed E-state index contributed by atoms with van der Waals surface area (Å²) in [6.45, 7) is 0. The second kappa shape index (κ2) is 7.09. The average Bonchev–Trinajstić information content (AvgIpc) is 3.13. The van der Waals surface area contributed by atoms with Gasteiger partial charge in [0.1, 0.15) is 11.6 Å². The van der Waals surface area contributed by atoms with Crippen molar-refractivity contribution in [2.24, 2.45) is 0 Å². The number of anilines is 1. The van der Waals surface area contributed by atoms with Crippen LogP contribution in [0.5, 0.6) is 0 Å². The van der Waals surface area contributed by atoms with Crippen LogP contribution in [0.25, 0.3) is 10.9 Å². The average molecular weight is 355 g/mol. The molecule has 0 unspecified atom stereocenters. The number of amides is 1. The van der Waals surface area contributed by atoms with E-state index in [1.165, 1.54) is 18.6 Å². The number of carboxylic acid groups (broad SMARTS) is 1. The molecule has 3 aromatic rings. The Balaban J connectivity index is 1.90. The SMILES string of the molecule is CNc1cccc2cc(C(=O)N[C@@H](Cc3cnc[nH]3)C(=O)O)c(=O)[nH]c12. The standard InChI is InChI=1S/C17H17N5O4/c1-18-12-4-2-3-9-5-11(16(24)22-14(9)12)15(23)21-13(17(25)26)6-10-7-19-8-20-10/h2-5,7-8,13,18H,6H2,1H3,(H,19,20)(H,21,23)(H,22,24)(H,25,26)/t13-/m0/s1. The Bertz CT molecular complexity index is 1010. The van der Waals surface area contributed by atoms with Gasteiger partial charge < -0.3 is 25.7 Å². The van der Waals surface area contributed by atoms with Gasteiger partial charge in [-0.1, -0.05) is 12.1 Å². The van der Waals surface area contributed by atoms with E-state index >= 15 is 0 Å². The molecule has 134 valence electrons. The van der Waals surface area contributed by atoms with Crippen molar-refractivity contribution in [1.29, 1.82) is 0 Å². The van der Waals surface area contributed by atoms with Gasteiger partial charge in [-0.15, -0.1) is 0 Å². The van der Waals surface area contributed by atoms with Gasteiger partial charge in [-0.25, -0.2) is 9.78 Å². The summed E-state index contributed by atoms with van der Waals surface area (Å²) in [7, 11) is 1.72. The predicted octanol–water partition coefficient (Wildman–Crippen LogP) is 0.719. The molecule has 0 bridgehead atoms. The van der Waals surface area contributed by atoms with Crippen molar-refractivity contribution in [3.05, 3.63) is 58.4 Å². The monoisotopic (exact) mass is 355 g/mol. The van der Waals surface area contributed by atoms with E-state index in [0.29, 0.717) is 22.3 Å². The van der Waals surface area contributed by atoms with Crippen molar-refractivity contribution in [3.63, 3.8) is 0 Å². The highest BCUT2D eigenvalue weighted by Gasteiger charge is 2.23. The van der Waals surface area contributed by atoms with Crippen LogP contribution in [0.2, 0.25) is 0 Å². The number of carboxylic acids is 1. The smallest absolute Gasteiger partial charge is 0.326 e. The number of hydrogen-bond acceptors (Lipinski definition) is 5. The number of pyridine rings is 1. The number of aliphatic carboxylic acids is 1. The fourth-order valence-corrected chi connectivity index (χ4v) is 2.66. The zero-order valence-electron chi connectivity index (χ0n) is 13.9. The highest BCUT2D eigenvalue weighted by Crippen LogP contribution is 2.20. The summed E-state index contributed by atoms with van der Waals surface area (Å²) in [4.78, 5) is 45.5. The van der Waals surface area contributed by atoms with Gasteiger partial charge >= 0.3 is 5.97 Å². The van der Waals surface area contributed by atoms with Gasteiger partial charge in [-0.3, -0.25) is 9.59 Å². The van der Waals surface area contributed by atoms with E-state index in [1.54, 1.807) is 25.2 Å². The number of nitrogens with one attached hydrogen (secondary N) is 4. The molecule has 1 atom stereocenters. The number of rotatable bonds is 6. The van der Waals surface area contributed by atoms with Crippen LogP contribution in [0.15, 0.2) is 41.6 Å². The van der Waals surface area contributed by atoms with Gasteiger partial charge in [0, 0.05) is 30.7 Å². The van der Waals surface area contributed by atoms with E-state index in [0.717, 1.165) is 0 Å². The molecular weight excluding hydrogens is 338 g/mol. The summed E-state index contributed by atoms with van der Waals surface area (Å²) < 4.78 is 0. The van der Waals surface area contributed by atoms with Crippen molar-refractivity contribution in [2.75, 3.05) is 12.4 Å². The van der Waals surface area contributed by atoms with Crippen LogP contribution in [0.4, 0.5) is 5.69 Å². The third-order valence-electron chi connectivity index (χ3n) is 3.98. The second-order valence-electron chi connectivity index (χ2n) is 5.68. The Labute approximate surface area is 147 Å². The molecule has 0 aliphatic heterocycles. The van der Waals surface area contributed by atoms with Gasteiger partial charge in [-0.2, -0.15) is 0 Å². The minimum absolute atomic E-state index is 0.0243. The Morgan fingerprint density at radius 1 is 1.35 bits per heavy atom. The number of nitrogens with zero attached hydrogens (tertiary/aromatic N) is 1. The molecule has 0 saturated heterocycles. The summed E-state index contributed by atoms with van der Waals surface area (Å²) in [5, 5.41) is 15.3. The lowest BCUT2D eigenvalue weighted by atomic mass is 10.1. The third kappa shape index (κ3) is 3.41. The highest BCUT2D eigenvalue weighted by molar-refractivity contribution is 6.00. The maximum Gasteiger partial charge on any atom is 0.326 e. The van der Waals surface area contributed by atoms with Gasteiger partial charge in [0.15, 0.2) is 0 Å². The van der Waals surface area contributed by atoms with Crippen LogP contribution in [0, 0.1) is 0 Å². The second-order valence-corrected chi connectivity index (χ2v) is 5.68. The molecule has 0 radical (unpaired) electrons. The summed E-state index contributed by atoms with van der Waals surface area (Å²) in [6.07, 6.45) is 2.92. The number of hydrogen-bond donors (Lipinski definition) is 5. The number of aromatic amines is 2. The number of imidazole rings is 1. The Morgan fingerprint density at radius 2 is 2.15 bits per heavy atom. The largest absolute Gasteiger partial charge is 0.480 e. The number of para-hydroxylation sites is 1. The Kier molecular flexibility index (Phi) is 4.70. The maximum atomic E-state index is 12.5.